The summed E-state index contributed by atoms with van der Waals surface area (Å²) in [6, 6.07) is 6.68. The van der Waals surface area contributed by atoms with Crippen molar-refractivity contribution in [2.75, 3.05) is 11.9 Å². The maximum absolute atomic E-state index is 4.33. The van der Waals surface area contributed by atoms with Crippen molar-refractivity contribution in [2.45, 2.75) is 32.7 Å². The lowest BCUT2D eigenvalue weighted by molar-refractivity contribution is 0.624. The second kappa shape index (κ2) is 4.80. The highest BCUT2D eigenvalue weighted by molar-refractivity contribution is 5.54. The molecular formula is C14H18N4. The Balaban J connectivity index is 1.85. The van der Waals surface area contributed by atoms with Gasteiger partial charge in [-0.3, -0.25) is 4.68 Å². The number of nitrogens with one attached hydrogen (secondary N) is 1. The summed E-state index contributed by atoms with van der Waals surface area (Å²) in [6.45, 7) is 4.06. The highest BCUT2D eigenvalue weighted by atomic mass is 15.3. The Morgan fingerprint density at radius 2 is 2.33 bits per heavy atom. The molecule has 4 heteroatoms. The van der Waals surface area contributed by atoms with E-state index in [-0.39, 0.29) is 0 Å². The van der Waals surface area contributed by atoms with Crippen LogP contribution in [0.4, 0.5) is 5.69 Å². The Morgan fingerprint density at radius 1 is 1.39 bits per heavy atom. The van der Waals surface area contributed by atoms with Crippen LogP contribution >= 0.6 is 0 Å². The summed E-state index contributed by atoms with van der Waals surface area (Å²) in [5, 5.41) is 7.65. The van der Waals surface area contributed by atoms with E-state index in [4.69, 9.17) is 0 Å². The van der Waals surface area contributed by atoms with Crippen LogP contribution in [0.3, 0.4) is 0 Å². The second-order valence-electron chi connectivity index (χ2n) is 4.69. The zero-order valence-electron chi connectivity index (χ0n) is 10.7. The molecule has 0 saturated heterocycles. The van der Waals surface area contributed by atoms with Gasteiger partial charge in [0.2, 0.25) is 0 Å². The molecule has 94 valence electrons. The molecule has 2 heterocycles. The summed E-state index contributed by atoms with van der Waals surface area (Å²) >= 11 is 0. The number of aryl methyl sites for hydroxylation is 2. The highest BCUT2D eigenvalue weighted by Crippen LogP contribution is 2.23. The number of rotatable bonds is 3. The molecular weight excluding hydrogens is 224 g/mol. The van der Waals surface area contributed by atoms with Crippen LogP contribution in [0.1, 0.15) is 30.3 Å². The standard InChI is InChI=1S/C14H18N4/c1-2-18-14(16-10-17-18)9-11-5-6-13-12(8-11)4-3-7-15-13/h5-6,8,10,15H,2-4,7,9H2,1H3. The molecule has 1 aromatic heterocycles. The van der Waals surface area contributed by atoms with Crippen molar-refractivity contribution in [1.29, 1.82) is 0 Å². The van der Waals surface area contributed by atoms with Crippen LogP contribution in [0.2, 0.25) is 0 Å². The molecule has 0 atom stereocenters. The van der Waals surface area contributed by atoms with Crippen LogP contribution in [-0.4, -0.2) is 21.3 Å². The van der Waals surface area contributed by atoms with Gasteiger partial charge in [-0.25, -0.2) is 4.98 Å². The van der Waals surface area contributed by atoms with Crippen molar-refractivity contribution >= 4 is 5.69 Å². The molecule has 1 N–H and O–H groups in total. The van der Waals surface area contributed by atoms with E-state index in [0.29, 0.717) is 0 Å². The number of anilines is 1. The van der Waals surface area contributed by atoms with Crippen molar-refractivity contribution in [2.24, 2.45) is 0 Å². The van der Waals surface area contributed by atoms with Gasteiger partial charge in [0.15, 0.2) is 0 Å². The largest absolute Gasteiger partial charge is 0.385 e. The van der Waals surface area contributed by atoms with Gasteiger partial charge >= 0.3 is 0 Å². The lowest BCUT2D eigenvalue weighted by Gasteiger charge is -2.18. The third-order valence-corrected chi connectivity index (χ3v) is 3.47. The zero-order chi connectivity index (χ0) is 12.4. The van der Waals surface area contributed by atoms with Gasteiger partial charge in [0, 0.05) is 25.2 Å². The van der Waals surface area contributed by atoms with E-state index in [2.05, 4.69) is 40.5 Å². The SMILES string of the molecule is CCn1ncnc1Cc1ccc2c(c1)CCCN2. The minimum Gasteiger partial charge on any atom is -0.385 e. The fourth-order valence-electron chi connectivity index (χ4n) is 2.51. The van der Waals surface area contributed by atoms with Gasteiger partial charge in [-0.05, 0) is 37.0 Å². The quantitative estimate of drug-likeness (QED) is 0.897. The van der Waals surface area contributed by atoms with Gasteiger partial charge in [0.05, 0.1) is 0 Å². The van der Waals surface area contributed by atoms with Crippen LogP contribution in [0.15, 0.2) is 24.5 Å². The summed E-state index contributed by atoms with van der Waals surface area (Å²) in [7, 11) is 0. The van der Waals surface area contributed by atoms with Crippen molar-refractivity contribution in [1.82, 2.24) is 14.8 Å². The van der Waals surface area contributed by atoms with Crippen molar-refractivity contribution in [3.8, 4) is 0 Å². The average Bonchev–Trinajstić information content (AvgIpc) is 2.86. The number of hydrogen-bond acceptors (Lipinski definition) is 3. The molecule has 0 radical (unpaired) electrons. The number of aromatic nitrogens is 3. The first-order valence-corrected chi connectivity index (χ1v) is 6.59. The molecule has 0 fully saturated rings. The lowest BCUT2D eigenvalue weighted by atomic mass is 9.99. The molecule has 1 aromatic carbocycles. The van der Waals surface area contributed by atoms with Crippen LogP contribution in [-0.2, 0) is 19.4 Å². The first-order chi connectivity index (χ1) is 8.86. The summed E-state index contributed by atoms with van der Waals surface area (Å²) in [6.07, 6.45) is 4.90. The van der Waals surface area contributed by atoms with Crippen LogP contribution in [0.5, 0.6) is 0 Å². The predicted molar refractivity (Wildman–Crippen MR) is 71.8 cm³/mol. The van der Waals surface area contributed by atoms with Crippen molar-refractivity contribution < 1.29 is 0 Å². The normalized spacial score (nSPS) is 14.1. The molecule has 0 amide bonds. The van der Waals surface area contributed by atoms with E-state index < -0.39 is 0 Å². The van der Waals surface area contributed by atoms with E-state index in [0.717, 1.165) is 25.3 Å². The molecule has 1 aliphatic heterocycles. The molecule has 4 nitrogen and oxygen atoms in total. The molecule has 3 rings (SSSR count). The van der Waals surface area contributed by atoms with Gasteiger partial charge in [0.25, 0.3) is 0 Å². The van der Waals surface area contributed by atoms with Crippen LogP contribution in [0, 0.1) is 0 Å². The molecule has 2 aromatic rings. The highest BCUT2D eigenvalue weighted by Gasteiger charge is 2.10. The Kier molecular flexibility index (Phi) is 3.00. The Bertz CT molecular complexity index is 544. The van der Waals surface area contributed by atoms with Crippen LogP contribution < -0.4 is 5.32 Å². The van der Waals surface area contributed by atoms with E-state index in [1.807, 2.05) is 4.68 Å². The molecule has 0 saturated carbocycles. The zero-order valence-corrected chi connectivity index (χ0v) is 10.7. The van der Waals surface area contributed by atoms with Crippen molar-refractivity contribution in [3.63, 3.8) is 0 Å². The minimum absolute atomic E-state index is 0.862. The number of hydrogen-bond donors (Lipinski definition) is 1. The number of nitrogens with zero attached hydrogens (tertiary/aromatic N) is 3. The van der Waals surface area contributed by atoms with Gasteiger partial charge in [-0.1, -0.05) is 12.1 Å². The molecule has 0 bridgehead atoms. The molecule has 0 spiro atoms. The summed E-state index contributed by atoms with van der Waals surface area (Å²) in [4.78, 5) is 4.33. The molecule has 0 aliphatic carbocycles. The Labute approximate surface area is 107 Å². The Morgan fingerprint density at radius 3 is 3.22 bits per heavy atom. The summed E-state index contributed by atoms with van der Waals surface area (Å²) < 4.78 is 1.96. The first kappa shape index (κ1) is 11.3. The molecule has 1 aliphatic rings. The Hall–Kier alpha value is -1.84. The second-order valence-corrected chi connectivity index (χ2v) is 4.69. The predicted octanol–water partition coefficient (Wildman–Crippen LogP) is 2.25. The number of benzene rings is 1. The van der Waals surface area contributed by atoms with E-state index in [1.54, 1.807) is 6.33 Å². The van der Waals surface area contributed by atoms with Crippen LogP contribution in [0.25, 0.3) is 0 Å². The fraction of sp³-hybridized carbons (Fsp3) is 0.429. The maximum Gasteiger partial charge on any atom is 0.138 e. The van der Waals surface area contributed by atoms with Gasteiger partial charge in [0.1, 0.15) is 12.2 Å². The van der Waals surface area contributed by atoms with E-state index >= 15 is 0 Å². The van der Waals surface area contributed by atoms with Gasteiger partial charge < -0.3 is 5.32 Å². The topological polar surface area (TPSA) is 42.7 Å². The monoisotopic (exact) mass is 242 g/mol. The molecule has 0 unspecified atom stereocenters. The van der Waals surface area contributed by atoms with Gasteiger partial charge in [-0.2, -0.15) is 5.10 Å². The van der Waals surface area contributed by atoms with E-state index in [1.165, 1.54) is 29.7 Å². The number of fused-ring (bicyclic) bond motifs is 1. The average molecular weight is 242 g/mol. The van der Waals surface area contributed by atoms with E-state index in [9.17, 15) is 0 Å². The van der Waals surface area contributed by atoms with Gasteiger partial charge in [-0.15, -0.1) is 0 Å². The third kappa shape index (κ3) is 2.10. The third-order valence-electron chi connectivity index (χ3n) is 3.47. The smallest absolute Gasteiger partial charge is 0.138 e. The summed E-state index contributed by atoms with van der Waals surface area (Å²) in [5.41, 5.74) is 4.04. The molecule has 18 heavy (non-hydrogen) atoms. The fourth-order valence-corrected chi connectivity index (χ4v) is 2.51. The lowest BCUT2D eigenvalue weighted by Crippen LogP contribution is -2.12. The maximum atomic E-state index is 4.33. The summed E-state index contributed by atoms with van der Waals surface area (Å²) in [5.74, 6) is 1.04. The van der Waals surface area contributed by atoms with Crippen molar-refractivity contribution in [3.05, 3.63) is 41.5 Å². The first-order valence-electron chi connectivity index (χ1n) is 6.59. The minimum atomic E-state index is 0.862.